The number of benzene rings is 1. The molecule has 0 aliphatic rings. The number of hydrogen-bond acceptors (Lipinski definition) is 5. The highest BCUT2D eigenvalue weighted by molar-refractivity contribution is 5.86. The van der Waals surface area contributed by atoms with Crippen LogP contribution < -0.4 is 10.1 Å². The van der Waals surface area contributed by atoms with E-state index in [9.17, 15) is 0 Å². The summed E-state index contributed by atoms with van der Waals surface area (Å²) in [5.74, 6) is 2.20. The summed E-state index contributed by atoms with van der Waals surface area (Å²) in [6.45, 7) is 0. The Bertz CT molecular complexity index is 1100. The molecule has 0 atom stereocenters. The first-order valence-corrected chi connectivity index (χ1v) is 7.41. The number of nitrogens with one attached hydrogen (secondary N) is 1. The van der Waals surface area contributed by atoms with Crippen LogP contribution in [-0.4, -0.2) is 23.5 Å². The number of furan rings is 1. The summed E-state index contributed by atoms with van der Waals surface area (Å²) in [6.07, 6.45) is 1.75. The first kappa shape index (κ1) is 14.2. The second-order valence-electron chi connectivity index (χ2n) is 5.33. The monoisotopic (exact) mass is 318 g/mol. The second-order valence-corrected chi connectivity index (χ2v) is 5.33. The molecule has 0 aliphatic heterocycles. The number of ether oxygens (including phenoxy) is 1. The van der Waals surface area contributed by atoms with Crippen molar-refractivity contribution in [3.8, 4) is 23.3 Å². The van der Waals surface area contributed by atoms with Crippen molar-refractivity contribution in [3.63, 3.8) is 0 Å². The minimum absolute atomic E-state index is 0.567. The molecule has 4 rings (SSSR count). The van der Waals surface area contributed by atoms with Crippen molar-refractivity contribution in [2.75, 3.05) is 19.5 Å². The quantitative estimate of drug-likeness (QED) is 0.624. The van der Waals surface area contributed by atoms with Gasteiger partial charge in [0.15, 0.2) is 5.76 Å². The van der Waals surface area contributed by atoms with E-state index in [1.807, 2.05) is 41.8 Å². The third-order valence-corrected chi connectivity index (χ3v) is 3.94. The summed E-state index contributed by atoms with van der Waals surface area (Å²) in [4.78, 5) is 4.63. The van der Waals surface area contributed by atoms with Crippen molar-refractivity contribution in [1.82, 2.24) is 9.38 Å². The van der Waals surface area contributed by atoms with Crippen LogP contribution in [0.25, 0.3) is 28.1 Å². The lowest BCUT2D eigenvalue weighted by atomic mass is 10.2. The number of nitriles is 1. The van der Waals surface area contributed by atoms with Crippen LogP contribution in [0.4, 0.5) is 5.82 Å². The number of aromatic nitrogens is 2. The molecule has 1 N–H and O–H groups in total. The number of rotatable bonds is 3. The average Bonchev–Trinajstić information content (AvgIpc) is 3.20. The minimum atomic E-state index is 0.567. The molecule has 6 nitrogen and oxygen atoms in total. The van der Waals surface area contributed by atoms with Crippen LogP contribution >= 0.6 is 0 Å². The molecule has 0 aliphatic carbocycles. The van der Waals surface area contributed by atoms with Crippen molar-refractivity contribution in [2.24, 2.45) is 0 Å². The Labute approximate surface area is 137 Å². The van der Waals surface area contributed by atoms with Gasteiger partial charge in [-0.3, -0.25) is 4.40 Å². The fraction of sp³-hybridized carbons (Fsp3) is 0.111. The van der Waals surface area contributed by atoms with E-state index in [1.165, 1.54) is 0 Å². The molecule has 0 unspecified atom stereocenters. The summed E-state index contributed by atoms with van der Waals surface area (Å²) in [6, 6.07) is 13.3. The molecule has 0 spiro atoms. The van der Waals surface area contributed by atoms with Gasteiger partial charge in [0, 0.05) is 18.6 Å². The lowest BCUT2D eigenvalue weighted by Crippen LogP contribution is -1.96. The number of hydrogen-bond donors (Lipinski definition) is 1. The summed E-state index contributed by atoms with van der Waals surface area (Å²) in [5.41, 5.74) is 2.77. The Morgan fingerprint density at radius 3 is 2.88 bits per heavy atom. The molecular formula is C18H14N4O2. The Kier molecular flexibility index (Phi) is 3.14. The van der Waals surface area contributed by atoms with E-state index in [0.29, 0.717) is 17.0 Å². The lowest BCUT2D eigenvalue weighted by Gasteiger charge is -2.02. The number of anilines is 1. The highest BCUT2D eigenvalue weighted by Gasteiger charge is 2.17. The summed E-state index contributed by atoms with van der Waals surface area (Å²) in [7, 11) is 3.45. The largest absolute Gasteiger partial charge is 0.497 e. The van der Waals surface area contributed by atoms with Gasteiger partial charge < -0.3 is 14.5 Å². The molecular weight excluding hydrogens is 304 g/mol. The fourth-order valence-corrected chi connectivity index (χ4v) is 2.79. The molecule has 0 radical (unpaired) electrons. The van der Waals surface area contributed by atoms with E-state index >= 15 is 0 Å². The Morgan fingerprint density at radius 2 is 2.12 bits per heavy atom. The predicted molar refractivity (Wildman–Crippen MR) is 91.2 cm³/mol. The van der Waals surface area contributed by atoms with Gasteiger partial charge in [-0.05, 0) is 36.4 Å². The lowest BCUT2D eigenvalue weighted by molar-refractivity contribution is 0.415. The fourth-order valence-electron chi connectivity index (χ4n) is 2.79. The molecule has 118 valence electrons. The molecule has 24 heavy (non-hydrogen) atoms. The number of methoxy groups -OCH3 is 1. The van der Waals surface area contributed by atoms with Gasteiger partial charge in [-0.15, -0.1) is 0 Å². The first-order chi connectivity index (χ1) is 11.7. The van der Waals surface area contributed by atoms with Gasteiger partial charge in [0.1, 0.15) is 34.6 Å². The van der Waals surface area contributed by atoms with Crippen molar-refractivity contribution in [3.05, 3.63) is 48.2 Å². The summed E-state index contributed by atoms with van der Waals surface area (Å²) >= 11 is 0. The molecule has 3 heterocycles. The maximum atomic E-state index is 9.09. The van der Waals surface area contributed by atoms with E-state index < -0.39 is 0 Å². The number of nitrogens with zero attached hydrogens (tertiary/aromatic N) is 3. The van der Waals surface area contributed by atoms with Gasteiger partial charge in [0.2, 0.25) is 0 Å². The van der Waals surface area contributed by atoms with Crippen molar-refractivity contribution < 1.29 is 9.15 Å². The molecule has 3 aromatic heterocycles. The molecule has 0 saturated carbocycles. The molecule has 6 heteroatoms. The SMILES string of the molecule is CNc1c(-c2cc3cc(OC)ccc3o2)nc2ccc(C#N)cn12. The Hall–Kier alpha value is -3.46. The number of imidazole rings is 1. The van der Waals surface area contributed by atoms with Gasteiger partial charge in [-0.2, -0.15) is 5.26 Å². The summed E-state index contributed by atoms with van der Waals surface area (Å²) < 4.78 is 13.0. The van der Waals surface area contributed by atoms with Crippen LogP contribution in [0.5, 0.6) is 5.75 Å². The van der Waals surface area contributed by atoms with Gasteiger partial charge in [-0.25, -0.2) is 4.98 Å². The highest BCUT2D eigenvalue weighted by atomic mass is 16.5. The van der Waals surface area contributed by atoms with E-state index in [4.69, 9.17) is 14.4 Å². The maximum Gasteiger partial charge on any atom is 0.157 e. The molecule has 0 bridgehead atoms. The Morgan fingerprint density at radius 1 is 1.25 bits per heavy atom. The van der Waals surface area contributed by atoms with Crippen molar-refractivity contribution in [1.29, 1.82) is 5.26 Å². The van der Waals surface area contributed by atoms with Crippen LogP contribution in [0, 0.1) is 11.3 Å². The zero-order chi connectivity index (χ0) is 16.7. The second kappa shape index (κ2) is 5.32. The third kappa shape index (κ3) is 2.07. The predicted octanol–water partition coefficient (Wildman–Crippen LogP) is 3.67. The zero-order valence-corrected chi connectivity index (χ0v) is 13.2. The average molecular weight is 318 g/mol. The van der Waals surface area contributed by atoms with E-state index in [-0.39, 0.29) is 0 Å². The van der Waals surface area contributed by atoms with Gasteiger partial charge >= 0.3 is 0 Å². The number of pyridine rings is 1. The van der Waals surface area contributed by atoms with Crippen molar-refractivity contribution in [2.45, 2.75) is 0 Å². The van der Waals surface area contributed by atoms with Gasteiger partial charge in [-0.1, -0.05) is 0 Å². The summed E-state index contributed by atoms with van der Waals surface area (Å²) in [5, 5.41) is 13.2. The van der Waals surface area contributed by atoms with Gasteiger partial charge in [0.25, 0.3) is 0 Å². The first-order valence-electron chi connectivity index (χ1n) is 7.41. The van der Waals surface area contributed by atoms with Crippen LogP contribution in [-0.2, 0) is 0 Å². The molecule has 4 aromatic rings. The minimum Gasteiger partial charge on any atom is -0.497 e. The zero-order valence-electron chi connectivity index (χ0n) is 13.2. The van der Waals surface area contributed by atoms with Crippen LogP contribution in [0.3, 0.4) is 0 Å². The van der Waals surface area contributed by atoms with Crippen LogP contribution in [0.2, 0.25) is 0 Å². The van der Waals surface area contributed by atoms with Gasteiger partial charge in [0.05, 0.1) is 12.7 Å². The topological polar surface area (TPSA) is 75.5 Å². The molecule has 1 aromatic carbocycles. The van der Waals surface area contributed by atoms with Crippen LogP contribution in [0.1, 0.15) is 5.56 Å². The van der Waals surface area contributed by atoms with E-state index in [0.717, 1.165) is 28.2 Å². The normalized spacial score (nSPS) is 10.9. The molecule has 0 fully saturated rings. The molecule has 0 amide bonds. The molecule has 0 saturated heterocycles. The number of fused-ring (bicyclic) bond motifs is 2. The van der Waals surface area contributed by atoms with Crippen LogP contribution in [0.15, 0.2) is 47.0 Å². The standard InChI is InChI=1S/C18H14N4O2/c1-20-18-17(21-16-6-3-11(9-19)10-22(16)18)15-8-12-7-13(23-2)4-5-14(12)24-15/h3-8,10,20H,1-2H3. The van der Waals surface area contributed by atoms with E-state index in [2.05, 4.69) is 16.4 Å². The third-order valence-electron chi connectivity index (χ3n) is 3.94. The van der Waals surface area contributed by atoms with Crippen molar-refractivity contribution >= 4 is 22.4 Å². The highest BCUT2D eigenvalue weighted by Crippen LogP contribution is 2.34. The smallest absolute Gasteiger partial charge is 0.157 e. The van der Waals surface area contributed by atoms with E-state index in [1.54, 1.807) is 19.4 Å². The Balaban J connectivity index is 1.94. The maximum absolute atomic E-state index is 9.09.